The molecule has 0 radical (unpaired) electrons. The highest BCUT2D eigenvalue weighted by Gasteiger charge is 2.26. The van der Waals surface area contributed by atoms with E-state index in [1.165, 1.54) is 32.1 Å². The molecule has 1 heterocycles. The number of hydrogen-bond acceptors (Lipinski definition) is 4. The molecule has 1 N–H and O–H groups in total. The van der Waals surface area contributed by atoms with Crippen molar-refractivity contribution in [3.8, 4) is 11.5 Å². The molecule has 1 aromatic rings. The third kappa shape index (κ3) is 5.27. The third-order valence-corrected chi connectivity index (χ3v) is 5.40. The second-order valence-electron chi connectivity index (χ2n) is 7.07. The highest BCUT2D eigenvalue weighted by atomic mass is 16.5. The summed E-state index contributed by atoms with van der Waals surface area (Å²) in [7, 11) is 1.64. The molecule has 0 spiro atoms. The van der Waals surface area contributed by atoms with Crippen molar-refractivity contribution in [2.75, 3.05) is 46.4 Å². The number of amides is 2. The van der Waals surface area contributed by atoms with Crippen molar-refractivity contribution in [3.63, 3.8) is 0 Å². The van der Waals surface area contributed by atoms with Crippen LogP contribution in [0.3, 0.4) is 0 Å². The second-order valence-corrected chi connectivity index (χ2v) is 7.07. The van der Waals surface area contributed by atoms with Crippen LogP contribution in [-0.4, -0.2) is 68.3 Å². The van der Waals surface area contributed by atoms with Gasteiger partial charge >= 0.3 is 6.03 Å². The molecule has 0 atom stereocenters. The van der Waals surface area contributed by atoms with Gasteiger partial charge in [-0.3, -0.25) is 4.90 Å². The summed E-state index contributed by atoms with van der Waals surface area (Å²) in [5, 5.41) is 2.96. The van der Waals surface area contributed by atoms with E-state index in [9.17, 15) is 4.79 Å². The third-order valence-electron chi connectivity index (χ3n) is 5.40. The monoisotopic (exact) mass is 361 g/mol. The van der Waals surface area contributed by atoms with Crippen LogP contribution in [-0.2, 0) is 0 Å². The van der Waals surface area contributed by atoms with Crippen LogP contribution >= 0.6 is 0 Å². The number of piperazine rings is 1. The van der Waals surface area contributed by atoms with E-state index in [2.05, 4.69) is 10.2 Å². The van der Waals surface area contributed by atoms with E-state index in [1.54, 1.807) is 7.11 Å². The topological polar surface area (TPSA) is 54.0 Å². The summed E-state index contributed by atoms with van der Waals surface area (Å²) in [6, 6.07) is 8.22. The zero-order valence-electron chi connectivity index (χ0n) is 15.8. The maximum atomic E-state index is 12.3. The summed E-state index contributed by atoms with van der Waals surface area (Å²) in [4.78, 5) is 16.8. The molecule has 0 bridgehead atoms. The largest absolute Gasteiger partial charge is 0.497 e. The first kappa shape index (κ1) is 18.8. The number of nitrogens with zero attached hydrogens (tertiary/aromatic N) is 2. The SMILES string of the molecule is COc1ccc(OCCNC(=O)N2CCN(C3CCCCC3)CC2)cc1. The van der Waals surface area contributed by atoms with Gasteiger partial charge in [0.25, 0.3) is 0 Å². The lowest BCUT2D eigenvalue weighted by Crippen LogP contribution is -2.54. The minimum atomic E-state index is 0.0200. The quantitative estimate of drug-likeness (QED) is 0.792. The fraction of sp³-hybridized carbons (Fsp3) is 0.650. The van der Waals surface area contributed by atoms with Gasteiger partial charge in [0.05, 0.1) is 13.7 Å². The number of carbonyl (C=O) groups excluding carboxylic acids is 1. The summed E-state index contributed by atoms with van der Waals surface area (Å²) in [6.45, 7) is 4.61. The number of benzene rings is 1. The number of methoxy groups -OCH3 is 1. The molecule has 2 amide bonds. The zero-order chi connectivity index (χ0) is 18.2. The number of hydrogen-bond donors (Lipinski definition) is 1. The first-order chi connectivity index (χ1) is 12.8. The average Bonchev–Trinajstić information content (AvgIpc) is 2.72. The van der Waals surface area contributed by atoms with Crippen molar-refractivity contribution in [2.24, 2.45) is 0 Å². The van der Waals surface area contributed by atoms with Crippen molar-refractivity contribution in [3.05, 3.63) is 24.3 Å². The number of rotatable bonds is 6. The highest BCUT2D eigenvalue weighted by molar-refractivity contribution is 5.74. The molecule has 6 nitrogen and oxygen atoms in total. The molecule has 0 unspecified atom stereocenters. The minimum Gasteiger partial charge on any atom is -0.497 e. The molecule has 26 heavy (non-hydrogen) atoms. The standard InChI is InChI=1S/C20H31N3O3/c1-25-18-7-9-19(10-8-18)26-16-11-21-20(24)23-14-12-22(13-15-23)17-5-3-2-4-6-17/h7-10,17H,2-6,11-16H2,1H3,(H,21,24). The molecular formula is C20H31N3O3. The maximum absolute atomic E-state index is 12.3. The molecule has 1 aromatic carbocycles. The van der Waals surface area contributed by atoms with E-state index in [-0.39, 0.29) is 6.03 Å². The van der Waals surface area contributed by atoms with Gasteiger partial charge in [0.2, 0.25) is 0 Å². The van der Waals surface area contributed by atoms with Crippen molar-refractivity contribution in [1.82, 2.24) is 15.1 Å². The lowest BCUT2D eigenvalue weighted by molar-refractivity contribution is 0.0903. The van der Waals surface area contributed by atoms with Gasteiger partial charge in [-0.25, -0.2) is 4.79 Å². The van der Waals surface area contributed by atoms with E-state index in [4.69, 9.17) is 9.47 Å². The molecule has 144 valence electrons. The Hall–Kier alpha value is -1.95. The van der Waals surface area contributed by atoms with Crippen LogP contribution in [0.25, 0.3) is 0 Å². The second kappa shape index (κ2) is 9.67. The molecule has 0 aromatic heterocycles. The van der Waals surface area contributed by atoms with Crippen LogP contribution in [0.2, 0.25) is 0 Å². The zero-order valence-corrected chi connectivity index (χ0v) is 15.8. The van der Waals surface area contributed by atoms with Gasteiger partial charge in [0, 0.05) is 32.2 Å². The Labute approximate surface area is 156 Å². The van der Waals surface area contributed by atoms with E-state index in [1.807, 2.05) is 29.2 Å². The van der Waals surface area contributed by atoms with Crippen molar-refractivity contribution in [1.29, 1.82) is 0 Å². The minimum absolute atomic E-state index is 0.0200. The molecule has 1 aliphatic carbocycles. The van der Waals surface area contributed by atoms with Crippen molar-refractivity contribution >= 4 is 6.03 Å². The lowest BCUT2D eigenvalue weighted by atomic mass is 9.94. The first-order valence-electron chi connectivity index (χ1n) is 9.80. The highest BCUT2D eigenvalue weighted by Crippen LogP contribution is 2.23. The van der Waals surface area contributed by atoms with Gasteiger partial charge < -0.3 is 19.7 Å². The Balaban J connectivity index is 1.31. The number of ether oxygens (including phenoxy) is 2. The predicted molar refractivity (Wildman–Crippen MR) is 102 cm³/mol. The van der Waals surface area contributed by atoms with Gasteiger partial charge in [0.15, 0.2) is 0 Å². The Bertz CT molecular complexity index is 550. The van der Waals surface area contributed by atoms with Crippen LogP contribution in [0.4, 0.5) is 4.79 Å². The average molecular weight is 361 g/mol. The van der Waals surface area contributed by atoms with E-state index >= 15 is 0 Å². The number of carbonyl (C=O) groups is 1. The van der Waals surface area contributed by atoms with Crippen molar-refractivity contribution < 1.29 is 14.3 Å². The first-order valence-corrected chi connectivity index (χ1v) is 9.80. The molecular weight excluding hydrogens is 330 g/mol. The lowest BCUT2D eigenvalue weighted by Gasteiger charge is -2.40. The van der Waals surface area contributed by atoms with E-state index in [0.29, 0.717) is 13.2 Å². The number of nitrogens with one attached hydrogen (secondary N) is 1. The predicted octanol–water partition coefficient (Wildman–Crippen LogP) is 2.73. The molecule has 6 heteroatoms. The Morgan fingerprint density at radius 3 is 2.35 bits per heavy atom. The van der Waals surface area contributed by atoms with Gasteiger partial charge in [-0.05, 0) is 37.1 Å². The van der Waals surface area contributed by atoms with Gasteiger partial charge in [-0.2, -0.15) is 0 Å². The summed E-state index contributed by atoms with van der Waals surface area (Å²) >= 11 is 0. The number of urea groups is 1. The molecule has 2 fully saturated rings. The van der Waals surface area contributed by atoms with E-state index < -0.39 is 0 Å². The Morgan fingerprint density at radius 2 is 1.69 bits per heavy atom. The summed E-state index contributed by atoms with van der Waals surface area (Å²) in [5.41, 5.74) is 0. The molecule has 1 aliphatic heterocycles. The Kier molecular flexibility index (Phi) is 7.00. The smallest absolute Gasteiger partial charge is 0.317 e. The van der Waals surface area contributed by atoms with Crippen molar-refractivity contribution in [2.45, 2.75) is 38.1 Å². The van der Waals surface area contributed by atoms with Crippen LogP contribution < -0.4 is 14.8 Å². The van der Waals surface area contributed by atoms with Gasteiger partial charge in [-0.1, -0.05) is 19.3 Å². The molecule has 3 rings (SSSR count). The van der Waals surface area contributed by atoms with Crippen LogP contribution in [0.15, 0.2) is 24.3 Å². The summed E-state index contributed by atoms with van der Waals surface area (Å²) < 4.78 is 10.8. The summed E-state index contributed by atoms with van der Waals surface area (Å²) in [6.07, 6.45) is 6.76. The fourth-order valence-corrected chi connectivity index (χ4v) is 3.85. The van der Waals surface area contributed by atoms with Crippen LogP contribution in [0, 0.1) is 0 Å². The maximum Gasteiger partial charge on any atom is 0.317 e. The fourth-order valence-electron chi connectivity index (χ4n) is 3.85. The van der Waals surface area contributed by atoms with Crippen LogP contribution in [0.1, 0.15) is 32.1 Å². The van der Waals surface area contributed by atoms with Gasteiger partial charge in [0.1, 0.15) is 18.1 Å². The summed E-state index contributed by atoms with van der Waals surface area (Å²) in [5.74, 6) is 1.58. The molecule has 1 saturated carbocycles. The molecule has 2 aliphatic rings. The Morgan fingerprint density at radius 1 is 1.04 bits per heavy atom. The molecule has 1 saturated heterocycles. The van der Waals surface area contributed by atoms with Gasteiger partial charge in [-0.15, -0.1) is 0 Å². The normalized spacial score (nSPS) is 19.2. The van der Waals surface area contributed by atoms with Crippen LogP contribution in [0.5, 0.6) is 11.5 Å². The van der Waals surface area contributed by atoms with E-state index in [0.717, 1.165) is 43.7 Å².